The van der Waals surface area contributed by atoms with Crippen molar-refractivity contribution in [3.63, 3.8) is 0 Å². The smallest absolute Gasteiger partial charge is 0.246 e. The molecule has 3 aromatic carbocycles. The van der Waals surface area contributed by atoms with E-state index in [1.54, 1.807) is 11.8 Å². The summed E-state index contributed by atoms with van der Waals surface area (Å²) in [5, 5.41) is 2.01. The van der Waals surface area contributed by atoms with Crippen molar-refractivity contribution in [2.24, 2.45) is 0 Å². The monoisotopic (exact) mass is 436 g/mol. The fourth-order valence-corrected chi connectivity index (χ4v) is 4.84. The predicted octanol–water partition coefficient (Wildman–Crippen LogP) is 5.69. The van der Waals surface area contributed by atoms with E-state index >= 15 is 0 Å². The maximum atomic E-state index is 12.6. The first kappa shape index (κ1) is 20.5. The molecule has 0 unspecified atom stereocenters. The molecule has 4 nitrogen and oxygen atoms in total. The van der Waals surface area contributed by atoms with E-state index in [-0.39, 0.29) is 17.2 Å². The number of carbonyl (C=O) groups is 2. The van der Waals surface area contributed by atoms with Gasteiger partial charge in [-0.1, -0.05) is 60.7 Å². The number of nitrogens with zero attached hydrogens (tertiary/aromatic N) is 1. The van der Waals surface area contributed by atoms with Crippen LogP contribution in [0.2, 0.25) is 0 Å². The molecule has 3 aromatic rings. The molecule has 1 N–H and O–H groups in total. The van der Waals surface area contributed by atoms with Gasteiger partial charge in [-0.2, -0.15) is 0 Å². The number of benzene rings is 3. The molecule has 152 valence electrons. The first-order chi connectivity index (χ1) is 14.5. The van der Waals surface area contributed by atoms with Crippen molar-refractivity contribution in [2.75, 3.05) is 16.0 Å². The molecule has 30 heavy (non-hydrogen) atoms. The Hall–Kier alpha value is -2.76. The van der Waals surface area contributed by atoms with Gasteiger partial charge in [0.15, 0.2) is 0 Å². The number of para-hydroxylation sites is 1. The van der Waals surface area contributed by atoms with Crippen LogP contribution in [0.15, 0.2) is 78.9 Å². The van der Waals surface area contributed by atoms with Crippen molar-refractivity contribution in [2.45, 2.75) is 17.7 Å². The Morgan fingerprint density at radius 2 is 1.70 bits per heavy atom. The number of thioether (sulfide) groups is 1. The van der Waals surface area contributed by atoms with Crippen LogP contribution >= 0.6 is 23.4 Å². The predicted molar refractivity (Wildman–Crippen MR) is 124 cm³/mol. The summed E-state index contributed by atoms with van der Waals surface area (Å²) in [4.78, 5) is 26.9. The van der Waals surface area contributed by atoms with Crippen molar-refractivity contribution in [3.05, 3.63) is 95.6 Å². The second-order valence-electron chi connectivity index (χ2n) is 7.10. The van der Waals surface area contributed by atoms with Gasteiger partial charge in [0.1, 0.15) is 10.8 Å². The van der Waals surface area contributed by atoms with Gasteiger partial charge in [0, 0.05) is 11.4 Å². The van der Waals surface area contributed by atoms with E-state index in [1.807, 2.05) is 90.7 Å². The summed E-state index contributed by atoms with van der Waals surface area (Å²) in [6, 6.07) is 24.7. The van der Waals surface area contributed by atoms with E-state index in [4.69, 9.17) is 11.6 Å². The van der Waals surface area contributed by atoms with Gasteiger partial charge >= 0.3 is 0 Å². The largest absolute Gasteiger partial charge is 0.325 e. The molecule has 0 spiro atoms. The summed E-state index contributed by atoms with van der Waals surface area (Å²) in [7, 11) is 0. The summed E-state index contributed by atoms with van der Waals surface area (Å²) < 4.78 is 0. The van der Waals surface area contributed by atoms with Crippen LogP contribution < -0.4 is 10.2 Å². The Labute approximate surface area is 185 Å². The SMILES string of the molecule is Cc1ccccc1N1C(=O)CS[C@H]1c1ccc(NC(=O)[C@H](Cl)c2ccccc2)cc1. The highest BCUT2D eigenvalue weighted by molar-refractivity contribution is 8.00. The fraction of sp³-hybridized carbons (Fsp3) is 0.167. The van der Waals surface area contributed by atoms with Crippen LogP contribution in [0.5, 0.6) is 0 Å². The molecule has 6 heteroatoms. The lowest BCUT2D eigenvalue weighted by molar-refractivity contribution is -0.116. The molecule has 0 aromatic heterocycles. The number of aryl methyl sites for hydroxylation is 1. The third kappa shape index (κ3) is 4.23. The van der Waals surface area contributed by atoms with E-state index < -0.39 is 5.38 Å². The van der Waals surface area contributed by atoms with Gasteiger partial charge in [0.05, 0.1) is 5.75 Å². The standard InChI is InChI=1S/C24H21ClN2O2S/c1-16-7-5-6-10-20(16)27-21(28)15-30-24(27)18-11-13-19(14-12-18)26-23(29)22(25)17-8-3-2-4-9-17/h2-14,22,24H,15H2,1H3,(H,26,29)/t22-,24+/m1/s1. The number of hydrogen-bond donors (Lipinski definition) is 1. The summed E-state index contributed by atoms with van der Waals surface area (Å²) in [5.74, 6) is 0.273. The third-order valence-electron chi connectivity index (χ3n) is 5.03. The molecule has 0 saturated carbocycles. The quantitative estimate of drug-likeness (QED) is 0.522. The summed E-state index contributed by atoms with van der Waals surface area (Å²) in [5.41, 5.74) is 4.43. The summed E-state index contributed by atoms with van der Waals surface area (Å²) >= 11 is 7.90. The van der Waals surface area contributed by atoms with Crippen molar-refractivity contribution in [1.82, 2.24) is 0 Å². The first-order valence-corrected chi connectivity index (χ1v) is 11.1. The van der Waals surface area contributed by atoms with Crippen molar-refractivity contribution in [3.8, 4) is 0 Å². The topological polar surface area (TPSA) is 49.4 Å². The number of carbonyl (C=O) groups excluding carboxylic acids is 2. The molecule has 1 aliphatic heterocycles. The molecule has 1 saturated heterocycles. The van der Waals surface area contributed by atoms with Crippen LogP contribution in [0.4, 0.5) is 11.4 Å². The molecule has 0 aliphatic carbocycles. The van der Waals surface area contributed by atoms with Crippen LogP contribution in [-0.2, 0) is 9.59 Å². The number of rotatable bonds is 5. The maximum absolute atomic E-state index is 12.6. The van der Waals surface area contributed by atoms with Crippen molar-refractivity contribution < 1.29 is 9.59 Å². The molecule has 2 amide bonds. The number of nitrogens with one attached hydrogen (secondary N) is 1. The zero-order valence-electron chi connectivity index (χ0n) is 16.4. The highest BCUT2D eigenvalue weighted by atomic mass is 35.5. The number of alkyl halides is 1. The van der Waals surface area contributed by atoms with Crippen LogP contribution in [0.25, 0.3) is 0 Å². The molecule has 0 bridgehead atoms. The summed E-state index contributed by atoms with van der Waals surface area (Å²) in [6.45, 7) is 2.01. The minimum atomic E-state index is -0.759. The second kappa shape index (κ2) is 8.94. The summed E-state index contributed by atoms with van der Waals surface area (Å²) in [6.07, 6.45) is 0. The van der Waals surface area contributed by atoms with Gasteiger partial charge in [-0.25, -0.2) is 0 Å². The maximum Gasteiger partial charge on any atom is 0.246 e. The van der Waals surface area contributed by atoms with Gasteiger partial charge in [-0.3, -0.25) is 14.5 Å². The third-order valence-corrected chi connectivity index (χ3v) is 6.69. The Kier molecular flexibility index (Phi) is 6.11. The van der Waals surface area contributed by atoms with E-state index in [9.17, 15) is 9.59 Å². The number of hydrogen-bond acceptors (Lipinski definition) is 3. The van der Waals surface area contributed by atoms with Gasteiger partial charge in [-0.05, 0) is 41.8 Å². The number of amides is 2. The fourth-order valence-electron chi connectivity index (χ4n) is 3.47. The zero-order valence-corrected chi connectivity index (χ0v) is 18.0. The normalized spacial score (nSPS) is 17.1. The molecule has 1 fully saturated rings. The molecule has 0 radical (unpaired) electrons. The Morgan fingerprint density at radius 1 is 1.03 bits per heavy atom. The molecule has 1 aliphatic rings. The van der Waals surface area contributed by atoms with Crippen molar-refractivity contribution in [1.29, 1.82) is 0 Å². The molecule has 1 heterocycles. The number of anilines is 2. The Bertz CT molecular complexity index is 1060. The number of halogens is 1. The lowest BCUT2D eigenvalue weighted by Crippen LogP contribution is -2.28. The average molecular weight is 437 g/mol. The lowest BCUT2D eigenvalue weighted by Gasteiger charge is -2.26. The van der Waals surface area contributed by atoms with Crippen LogP contribution in [0, 0.1) is 6.92 Å². The van der Waals surface area contributed by atoms with Gasteiger partial charge in [0.25, 0.3) is 0 Å². The minimum Gasteiger partial charge on any atom is -0.325 e. The highest BCUT2D eigenvalue weighted by Gasteiger charge is 2.34. The van der Waals surface area contributed by atoms with Crippen LogP contribution in [0.3, 0.4) is 0 Å². The van der Waals surface area contributed by atoms with E-state index in [0.29, 0.717) is 11.4 Å². The van der Waals surface area contributed by atoms with E-state index in [2.05, 4.69) is 5.32 Å². The van der Waals surface area contributed by atoms with Gasteiger partial charge in [0.2, 0.25) is 11.8 Å². The molecule has 2 atom stereocenters. The van der Waals surface area contributed by atoms with Crippen LogP contribution in [0.1, 0.15) is 27.4 Å². The second-order valence-corrected chi connectivity index (χ2v) is 8.60. The van der Waals surface area contributed by atoms with E-state index in [0.717, 1.165) is 22.4 Å². The Morgan fingerprint density at radius 3 is 2.40 bits per heavy atom. The zero-order chi connectivity index (χ0) is 21.1. The molecular formula is C24H21ClN2O2S. The average Bonchev–Trinajstić information content (AvgIpc) is 3.16. The van der Waals surface area contributed by atoms with Crippen LogP contribution in [-0.4, -0.2) is 17.6 Å². The highest BCUT2D eigenvalue weighted by Crippen LogP contribution is 2.42. The lowest BCUT2D eigenvalue weighted by atomic mass is 10.1. The van der Waals surface area contributed by atoms with E-state index in [1.165, 1.54) is 0 Å². The molecular weight excluding hydrogens is 416 g/mol. The van der Waals surface area contributed by atoms with Crippen molar-refractivity contribution >= 4 is 46.6 Å². The minimum absolute atomic E-state index is 0.0894. The Balaban J connectivity index is 1.50. The van der Waals surface area contributed by atoms with Gasteiger partial charge < -0.3 is 5.32 Å². The first-order valence-electron chi connectivity index (χ1n) is 9.64. The van der Waals surface area contributed by atoms with Gasteiger partial charge in [-0.15, -0.1) is 23.4 Å². The molecule has 4 rings (SSSR count).